The Morgan fingerprint density at radius 3 is 2.81 bits per heavy atom. The van der Waals surface area contributed by atoms with Crippen LogP contribution in [0.25, 0.3) is 0 Å². The quantitative estimate of drug-likeness (QED) is 0.484. The van der Waals surface area contributed by atoms with Gasteiger partial charge in [-0.1, -0.05) is 0 Å². The fourth-order valence-electron chi connectivity index (χ4n) is 1.70. The van der Waals surface area contributed by atoms with Crippen molar-refractivity contribution in [1.29, 1.82) is 0 Å². The Morgan fingerprint density at radius 2 is 2.31 bits per heavy atom. The van der Waals surface area contributed by atoms with Crippen molar-refractivity contribution in [3.8, 4) is 0 Å². The van der Waals surface area contributed by atoms with Crippen LogP contribution in [0.1, 0.15) is 19.3 Å². The average Bonchev–Trinajstić information content (AvgIpc) is 2.26. The molecule has 0 amide bonds. The number of aliphatic hydroxyl groups excluding tert-OH is 1. The number of anilines is 2. The summed E-state index contributed by atoms with van der Waals surface area (Å²) in [6, 6.07) is 0. The molecule has 0 unspecified atom stereocenters. The first-order chi connectivity index (χ1) is 7.69. The number of nitrogens with two attached hydrogens (primary N) is 1. The molecule has 2 rings (SSSR count). The van der Waals surface area contributed by atoms with E-state index in [1.54, 1.807) is 6.20 Å². The number of nitrogens with one attached hydrogen (secondary N) is 2. The molecule has 0 radical (unpaired) electrons. The molecule has 1 aromatic heterocycles. The zero-order chi connectivity index (χ0) is 11.6. The number of hydrogen-bond acceptors (Lipinski definition) is 6. The second-order valence-corrected chi connectivity index (χ2v) is 4.81. The average molecular weight is 288 g/mol. The van der Waals surface area contributed by atoms with Gasteiger partial charge in [-0.05, 0) is 35.2 Å². The number of nitrogens with zero attached hydrogens (tertiary/aromatic N) is 2. The smallest absolute Gasteiger partial charge is 0.239 e. The molecular weight excluding hydrogens is 274 g/mol. The van der Waals surface area contributed by atoms with Crippen LogP contribution in [0.5, 0.6) is 0 Å². The highest BCUT2D eigenvalue weighted by atomic mass is 79.9. The molecule has 1 aliphatic rings. The van der Waals surface area contributed by atoms with Gasteiger partial charge in [0.1, 0.15) is 5.82 Å². The van der Waals surface area contributed by atoms with Crippen molar-refractivity contribution in [3.05, 3.63) is 10.7 Å². The third kappa shape index (κ3) is 2.11. The molecule has 0 spiro atoms. The summed E-state index contributed by atoms with van der Waals surface area (Å²) in [4.78, 5) is 8.15. The molecule has 1 aromatic rings. The Kier molecular flexibility index (Phi) is 3.27. The molecule has 16 heavy (non-hydrogen) atoms. The minimum atomic E-state index is -0.233. The Labute approximate surface area is 102 Å². The van der Waals surface area contributed by atoms with E-state index in [1.165, 1.54) is 0 Å². The van der Waals surface area contributed by atoms with Crippen LogP contribution in [0.2, 0.25) is 0 Å². The van der Waals surface area contributed by atoms with Gasteiger partial charge in [0, 0.05) is 6.20 Å². The first-order valence-corrected chi connectivity index (χ1v) is 5.87. The Hall–Kier alpha value is -0.920. The van der Waals surface area contributed by atoms with Crippen LogP contribution in [-0.2, 0) is 0 Å². The Morgan fingerprint density at radius 1 is 1.56 bits per heavy atom. The van der Waals surface area contributed by atoms with Gasteiger partial charge in [0.15, 0.2) is 0 Å². The third-order valence-corrected chi connectivity index (χ3v) is 3.45. The maximum atomic E-state index is 9.35. The van der Waals surface area contributed by atoms with Crippen LogP contribution in [0, 0.1) is 0 Å². The molecular formula is C9H14BrN5O. The molecule has 1 heterocycles. The van der Waals surface area contributed by atoms with Crippen LogP contribution in [-0.4, -0.2) is 27.2 Å². The normalized spacial score (nSPS) is 17.7. The van der Waals surface area contributed by atoms with Gasteiger partial charge in [0.05, 0.1) is 16.6 Å². The second-order valence-electron chi connectivity index (χ2n) is 3.95. The van der Waals surface area contributed by atoms with Gasteiger partial charge >= 0.3 is 0 Å². The van der Waals surface area contributed by atoms with Crippen molar-refractivity contribution < 1.29 is 5.11 Å². The fourth-order valence-corrected chi connectivity index (χ4v) is 1.99. The Balaban J connectivity index is 2.19. The molecule has 0 atom stereocenters. The number of hydrazine groups is 1. The Bertz CT molecular complexity index is 377. The van der Waals surface area contributed by atoms with E-state index >= 15 is 0 Å². The lowest BCUT2D eigenvalue weighted by Crippen LogP contribution is -2.48. The van der Waals surface area contributed by atoms with Crippen molar-refractivity contribution in [2.24, 2.45) is 5.84 Å². The SMILES string of the molecule is NNc1ncc(Br)c(NC2(CO)CCC2)n1. The number of nitrogen functional groups attached to an aromatic ring is 1. The van der Waals surface area contributed by atoms with E-state index in [2.05, 4.69) is 36.6 Å². The molecule has 1 fully saturated rings. The number of rotatable bonds is 4. The minimum Gasteiger partial charge on any atom is -0.394 e. The largest absolute Gasteiger partial charge is 0.394 e. The van der Waals surface area contributed by atoms with E-state index in [0.29, 0.717) is 11.8 Å². The van der Waals surface area contributed by atoms with Crippen LogP contribution in [0.4, 0.5) is 11.8 Å². The van der Waals surface area contributed by atoms with Crippen LogP contribution in [0.15, 0.2) is 10.7 Å². The molecule has 5 N–H and O–H groups in total. The van der Waals surface area contributed by atoms with E-state index in [4.69, 9.17) is 5.84 Å². The zero-order valence-corrected chi connectivity index (χ0v) is 10.3. The highest BCUT2D eigenvalue weighted by Gasteiger charge is 2.37. The molecule has 0 saturated heterocycles. The number of aliphatic hydroxyl groups is 1. The van der Waals surface area contributed by atoms with Crippen molar-refractivity contribution >= 4 is 27.7 Å². The summed E-state index contributed by atoms with van der Waals surface area (Å²) >= 11 is 3.36. The summed E-state index contributed by atoms with van der Waals surface area (Å²) in [5.41, 5.74) is 2.16. The van der Waals surface area contributed by atoms with Gasteiger partial charge in [-0.3, -0.25) is 5.43 Å². The maximum absolute atomic E-state index is 9.35. The summed E-state index contributed by atoms with van der Waals surface area (Å²) < 4.78 is 0.756. The topological polar surface area (TPSA) is 96.1 Å². The van der Waals surface area contributed by atoms with E-state index in [-0.39, 0.29) is 12.1 Å². The standard InChI is InChI=1S/C9H14BrN5O/c10-6-4-12-8(15-11)13-7(6)14-9(5-16)2-1-3-9/h4,16H,1-3,5,11H2,(H2,12,13,14,15). The van der Waals surface area contributed by atoms with Crippen molar-refractivity contribution in [2.75, 3.05) is 17.3 Å². The third-order valence-electron chi connectivity index (χ3n) is 2.87. The summed E-state index contributed by atoms with van der Waals surface area (Å²) in [6.45, 7) is 0.106. The molecule has 1 aliphatic carbocycles. The van der Waals surface area contributed by atoms with Crippen LogP contribution < -0.4 is 16.6 Å². The van der Waals surface area contributed by atoms with Gasteiger partial charge in [0.2, 0.25) is 5.95 Å². The monoisotopic (exact) mass is 287 g/mol. The highest BCUT2D eigenvalue weighted by molar-refractivity contribution is 9.10. The lowest BCUT2D eigenvalue weighted by Gasteiger charge is -2.41. The van der Waals surface area contributed by atoms with Crippen molar-refractivity contribution in [2.45, 2.75) is 24.8 Å². The van der Waals surface area contributed by atoms with E-state index in [1.807, 2.05) is 0 Å². The molecule has 0 aromatic carbocycles. The first kappa shape index (κ1) is 11.6. The molecule has 0 bridgehead atoms. The molecule has 88 valence electrons. The summed E-state index contributed by atoms with van der Waals surface area (Å²) in [7, 11) is 0. The van der Waals surface area contributed by atoms with Gasteiger partial charge in [-0.15, -0.1) is 0 Å². The van der Waals surface area contributed by atoms with Gasteiger partial charge in [0.25, 0.3) is 0 Å². The second kappa shape index (κ2) is 4.52. The molecule has 1 saturated carbocycles. The molecule has 0 aliphatic heterocycles. The van der Waals surface area contributed by atoms with Crippen LogP contribution >= 0.6 is 15.9 Å². The molecule has 7 heteroatoms. The number of hydrogen-bond donors (Lipinski definition) is 4. The van der Waals surface area contributed by atoms with Crippen LogP contribution in [0.3, 0.4) is 0 Å². The lowest BCUT2D eigenvalue weighted by atomic mass is 9.77. The predicted octanol–water partition coefficient (Wildman–Crippen LogP) is 0.852. The van der Waals surface area contributed by atoms with Gasteiger partial charge < -0.3 is 10.4 Å². The maximum Gasteiger partial charge on any atom is 0.239 e. The van der Waals surface area contributed by atoms with Gasteiger partial charge in [-0.2, -0.15) is 4.98 Å². The minimum absolute atomic E-state index is 0.106. The number of aromatic nitrogens is 2. The van der Waals surface area contributed by atoms with E-state index in [9.17, 15) is 5.11 Å². The molecule has 6 nitrogen and oxygen atoms in total. The summed E-state index contributed by atoms with van der Waals surface area (Å²) in [5, 5.41) is 12.6. The fraction of sp³-hybridized carbons (Fsp3) is 0.556. The summed E-state index contributed by atoms with van der Waals surface area (Å²) in [6.07, 6.45) is 4.64. The lowest BCUT2D eigenvalue weighted by molar-refractivity contribution is 0.143. The highest BCUT2D eigenvalue weighted by Crippen LogP contribution is 2.36. The van der Waals surface area contributed by atoms with E-state index in [0.717, 1.165) is 23.7 Å². The van der Waals surface area contributed by atoms with E-state index < -0.39 is 0 Å². The van der Waals surface area contributed by atoms with Gasteiger partial charge in [-0.25, -0.2) is 10.8 Å². The summed E-state index contributed by atoms with van der Waals surface area (Å²) in [5.74, 6) is 6.24. The first-order valence-electron chi connectivity index (χ1n) is 5.07. The van der Waals surface area contributed by atoms with Crippen molar-refractivity contribution in [1.82, 2.24) is 9.97 Å². The zero-order valence-electron chi connectivity index (χ0n) is 8.70. The van der Waals surface area contributed by atoms with Crippen molar-refractivity contribution in [3.63, 3.8) is 0 Å². The predicted molar refractivity (Wildman–Crippen MR) is 64.8 cm³/mol. The number of halogens is 1.